The van der Waals surface area contributed by atoms with Crippen molar-refractivity contribution in [2.45, 2.75) is 83.4 Å². The topological polar surface area (TPSA) is 127 Å². The monoisotopic (exact) mass is 560 g/mol. The Bertz CT molecular complexity index is 1520. The van der Waals surface area contributed by atoms with Crippen molar-refractivity contribution >= 4 is 17.2 Å². The van der Waals surface area contributed by atoms with E-state index in [0.29, 0.717) is 24.5 Å². The smallest absolute Gasteiger partial charge is 0.241 e. The van der Waals surface area contributed by atoms with Crippen LogP contribution in [-0.2, 0) is 15.1 Å². The van der Waals surface area contributed by atoms with Gasteiger partial charge in [0, 0.05) is 47.7 Å². The van der Waals surface area contributed by atoms with E-state index >= 15 is 0 Å². The van der Waals surface area contributed by atoms with Crippen molar-refractivity contribution in [1.29, 1.82) is 0 Å². The molecule has 2 aliphatic carbocycles. The molecule has 3 N–H and O–H groups in total. The lowest BCUT2D eigenvalue weighted by atomic mass is 9.85. The Labute approximate surface area is 240 Å². The molecular formula is C31H40N6O4. The van der Waals surface area contributed by atoms with Crippen LogP contribution in [0.5, 0.6) is 0 Å². The van der Waals surface area contributed by atoms with Crippen LogP contribution < -0.4 is 5.32 Å². The normalized spacial score (nSPS) is 20.7. The highest BCUT2D eigenvalue weighted by atomic mass is 16.5. The highest BCUT2D eigenvalue weighted by Crippen LogP contribution is 2.38. The van der Waals surface area contributed by atoms with Gasteiger partial charge in [-0.05, 0) is 78.0 Å². The third kappa shape index (κ3) is 5.99. The molecule has 0 bridgehead atoms. The molecule has 0 unspecified atom stereocenters. The molecule has 1 fully saturated rings. The average Bonchev–Trinajstić information content (AvgIpc) is 3.53. The lowest BCUT2D eigenvalue weighted by Crippen LogP contribution is -2.37. The van der Waals surface area contributed by atoms with E-state index in [4.69, 9.17) is 9.84 Å². The Morgan fingerprint density at radius 1 is 1.22 bits per heavy atom. The number of nitrogens with zero attached hydrogens (tertiary/aromatic N) is 5. The Hall–Kier alpha value is -3.76. The molecular weight excluding hydrogens is 520 g/mol. The largest absolute Gasteiger partial charge is 0.508 e. The number of allylic oxidation sites excluding steroid dienone is 5. The van der Waals surface area contributed by atoms with Gasteiger partial charge in [0.1, 0.15) is 11.3 Å². The molecule has 0 saturated heterocycles. The number of ether oxygens (including phenoxy) is 1. The van der Waals surface area contributed by atoms with Gasteiger partial charge in [0.05, 0.1) is 30.6 Å². The summed E-state index contributed by atoms with van der Waals surface area (Å²) in [5, 5.41) is 33.1. The number of hydrogen-bond donors (Lipinski definition) is 3. The minimum atomic E-state index is -0.974. The van der Waals surface area contributed by atoms with Crippen LogP contribution in [0, 0.1) is 0 Å². The van der Waals surface area contributed by atoms with Gasteiger partial charge in [0.2, 0.25) is 5.95 Å². The second-order valence-corrected chi connectivity index (χ2v) is 11.9. The fourth-order valence-electron chi connectivity index (χ4n) is 5.76. The van der Waals surface area contributed by atoms with Crippen molar-refractivity contribution in [3.8, 4) is 11.1 Å². The first-order valence-corrected chi connectivity index (χ1v) is 14.3. The van der Waals surface area contributed by atoms with Gasteiger partial charge in [-0.1, -0.05) is 11.6 Å². The molecule has 2 aliphatic rings. The van der Waals surface area contributed by atoms with Crippen molar-refractivity contribution in [1.82, 2.24) is 24.4 Å². The fraction of sp³-hybridized carbons (Fsp3) is 0.484. The van der Waals surface area contributed by atoms with Gasteiger partial charge in [0.25, 0.3) is 0 Å². The molecule has 218 valence electrons. The molecule has 1 saturated carbocycles. The second-order valence-electron chi connectivity index (χ2n) is 11.9. The Kier molecular flexibility index (Phi) is 8.15. The lowest BCUT2D eigenvalue weighted by Gasteiger charge is -2.25. The number of aromatic nitrogens is 5. The van der Waals surface area contributed by atoms with Crippen molar-refractivity contribution in [2.75, 3.05) is 19.0 Å². The summed E-state index contributed by atoms with van der Waals surface area (Å²) >= 11 is 0. The number of nitrogens with one attached hydrogen (secondary N) is 1. The van der Waals surface area contributed by atoms with E-state index in [0.717, 1.165) is 53.6 Å². The Balaban J connectivity index is 1.51. The molecule has 0 aliphatic heterocycles. The summed E-state index contributed by atoms with van der Waals surface area (Å²) in [6.45, 7) is 8.17. The van der Waals surface area contributed by atoms with Crippen LogP contribution in [0.4, 0.5) is 5.95 Å². The minimum Gasteiger partial charge on any atom is -0.508 e. The summed E-state index contributed by atoms with van der Waals surface area (Å²) in [6, 6.07) is 2.19. The number of carbonyl (C=O) groups is 1. The molecule has 10 heteroatoms. The lowest BCUT2D eigenvalue weighted by molar-refractivity contribution is -0.122. The zero-order valence-corrected chi connectivity index (χ0v) is 24.5. The van der Waals surface area contributed by atoms with Crippen LogP contribution in [0.1, 0.15) is 71.4 Å². The maximum absolute atomic E-state index is 13.7. The predicted molar refractivity (Wildman–Crippen MR) is 158 cm³/mol. The summed E-state index contributed by atoms with van der Waals surface area (Å²) in [6.07, 6.45) is 14.0. The quantitative estimate of drug-likeness (QED) is 0.331. The zero-order chi connectivity index (χ0) is 29.3. The Morgan fingerprint density at radius 3 is 2.71 bits per heavy atom. The summed E-state index contributed by atoms with van der Waals surface area (Å²) in [5.74, 6) is 0.734. The maximum Gasteiger partial charge on any atom is 0.241 e. The van der Waals surface area contributed by atoms with Gasteiger partial charge >= 0.3 is 0 Å². The Morgan fingerprint density at radius 2 is 1.98 bits per heavy atom. The van der Waals surface area contributed by atoms with Crippen molar-refractivity contribution in [3.63, 3.8) is 0 Å². The third-order valence-electron chi connectivity index (χ3n) is 8.10. The van der Waals surface area contributed by atoms with Crippen LogP contribution in [0.2, 0.25) is 0 Å². The summed E-state index contributed by atoms with van der Waals surface area (Å²) in [7, 11) is 1.66. The van der Waals surface area contributed by atoms with Gasteiger partial charge in [-0.15, -0.1) is 5.10 Å². The number of hydrogen-bond acceptors (Lipinski definition) is 8. The first-order valence-electron chi connectivity index (χ1n) is 14.3. The number of anilines is 1. The molecule has 10 nitrogen and oxygen atoms in total. The highest BCUT2D eigenvalue weighted by molar-refractivity contribution is 6.01. The summed E-state index contributed by atoms with van der Waals surface area (Å²) in [5.41, 5.74) is 4.28. The molecule has 5 rings (SSSR count). The first-order chi connectivity index (χ1) is 19.6. The van der Waals surface area contributed by atoms with Crippen LogP contribution in [0.3, 0.4) is 0 Å². The van der Waals surface area contributed by atoms with Crippen LogP contribution in [0.25, 0.3) is 16.6 Å². The van der Waals surface area contributed by atoms with Gasteiger partial charge in [-0.2, -0.15) is 5.10 Å². The molecule has 0 radical (unpaired) electrons. The number of ketones is 1. The fourth-order valence-corrected chi connectivity index (χ4v) is 5.76. The van der Waals surface area contributed by atoms with E-state index in [1.807, 2.05) is 50.7 Å². The molecule has 1 atom stereocenters. The van der Waals surface area contributed by atoms with E-state index in [1.54, 1.807) is 30.1 Å². The minimum absolute atomic E-state index is 0.0408. The second kappa shape index (κ2) is 11.6. The first kappa shape index (κ1) is 28.8. The van der Waals surface area contributed by atoms with Crippen molar-refractivity contribution in [3.05, 3.63) is 65.5 Å². The van der Waals surface area contributed by atoms with Crippen molar-refractivity contribution < 1.29 is 19.7 Å². The van der Waals surface area contributed by atoms with Crippen LogP contribution in [0.15, 0.2) is 59.8 Å². The summed E-state index contributed by atoms with van der Waals surface area (Å²) in [4.78, 5) is 18.3. The standard InChI is InChI=1S/C31H40N6O4/c1-19-6-9-25(39)13-22(12-19)29(40)31(3,4)36-17-23(15-33-36)26-14-27(21-7-10-24(38)11-8-21)37-28(26)16-32-30(35-37)34-20(2)18-41-5/h6,9,13-17,20-21,24,38-39H,7-8,10-12,18H2,1-5H3,(H,34,35)/t20-,21?,24?/m0/s1. The van der Waals surface area contributed by atoms with Gasteiger partial charge in [0.15, 0.2) is 5.78 Å². The average molecular weight is 561 g/mol. The van der Waals surface area contributed by atoms with Crippen LogP contribution in [-0.4, -0.2) is 66.2 Å². The number of aliphatic hydroxyl groups excluding tert-OH is 2. The molecule has 0 amide bonds. The van der Waals surface area contributed by atoms with E-state index < -0.39 is 5.54 Å². The highest BCUT2D eigenvalue weighted by Gasteiger charge is 2.34. The number of rotatable bonds is 9. The molecule has 3 aromatic rings. The van der Waals surface area contributed by atoms with Crippen molar-refractivity contribution in [2.24, 2.45) is 0 Å². The molecule has 3 heterocycles. The third-order valence-corrected chi connectivity index (χ3v) is 8.10. The number of methoxy groups -OCH3 is 1. The van der Waals surface area contributed by atoms with Gasteiger partial charge < -0.3 is 20.3 Å². The SMILES string of the molecule is COC[C@H](C)Nc1ncc2c(-c3cnn(C(C)(C)C(=O)C4=CC(O)=CC=C(C)C4)c3)cc(C3CCC(O)CC3)n2n1. The number of fused-ring (bicyclic) bond motifs is 1. The van der Waals surface area contributed by atoms with E-state index in [2.05, 4.69) is 21.5 Å². The van der Waals surface area contributed by atoms with Gasteiger partial charge in [-0.3, -0.25) is 9.48 Å². The molecule has 41 heavy (non-hydrogen) atoms. The number of Topliss-reactive ketones (excluding diaryl/α,β-unsaturated/α-hetero) is 1. The molecule has 0 aromatic carbocycles. The summed E-state index contributed by atoms with van der Waals surface area (Å²) < 4.78 is 8.91. The van der Waals surface area contributed by atoms with E-state index in [-0.39, 0.29) is 29.6 Å². The van der Waals surface area contributed by atoms with Crippen LogP contribution >= 0.6 is 0 Å². The predicted octanol–water partition coefficient (Wildman–Crippen LogP) is 5.08. The molecule has 3 aromatic heterocycles. The van der Waals surface area contributed by atoms with E-state index in [9.17, 15) is 15.0 Å². The zero-order valence-electron chi connectivity index (χ0n) is 24.5. The van der Waals surface area contributed by atoms with E-state index in [1.165, 1.54) is 0 Å². The maximum atomic E-state index is 13.7. The number of carbonyl (C=O) groups excluding carboxylic acids is 1. The van der Waals surface area contributed by atoms with Gasteiger partial charge in [-0.25, -0.2) is 9.50 Å². The number of aliphatic hydroxyl groups is 2. The molecule has 0 spiro atoms.